The van der Waals surface area contributed by atoms with Crippen LogP contribution in [0, 0.1) is 11.6 Å². The van der Waals surface area contributed by atoms with E-state index in [-0.39, 0.29) is 6.61 Å². The van der Waals surface area contributed by atoms with Crippen molar-refractivity contribution in [3.8, 4) is 5.75 Å². The summed E-state index contributed by atoms with van der Waals surface area (Å²) < 4.78 is 39.5. The molecule has 0 aliphatic carbocycles. The largest absolute Gasteiger partial charge is 0.482 e. The van der Waals surface area contributed by atoms with E-state index in [0.717, 1.165) is 21.4 Å². The normalized spacial score (nSPS) is 12.3. The van der Waals surface area contributed by atoms with Crippen LogP contribution in [0.3, 0.4) is 0 Å². The number of hydrogen-bond acceptors (Lipinski definition) is 3. The fraction of sp³-hybridized carbons (Fsp3) is 0.219. The number of esters is 1. The van der Waals surface area contributed by atoms with Gasteiger partial charge in [0.05, 0.1) is 10.9 Å². The summed E-state index contributed by atoms with van der Waals surface area (Å²) in [7, 11) is -0.723. The molecule has 0 radical (unpaired) electrons. The molecule has 0 N–H and O–H groups in total. The van der Waals surface area contributed by atoms with Crippen LogP contribution in [0.1, 0.15) is 44.7 Å². The smallest absolute Gasteiger partial charge is 0.345 e. The molecule has 0 bridgehead atoms. The van der Waals surface area contributed by atoms with Crippen LogP contribution in [0.2, 0.25) is 0 Å². The van der Waals surface area contributed by atoms with E-state index in [0.29, 0.717) is 16.6 Å². The van der Waals surface area contributed by atoms with Gasteiger partial charge in [-0.2, -0.15) is 0 Å². The summed E-state index contributed by atoms with van der Waals surface area (Å²) in [6.45, 7) is 7.72. The van der Waals surface area contributed by atoms with E-state index in [4.69, 9.17) is 9.47 Å². The number of halogens is 2. The number of hydrogen-bond donors (Lipinski definition) is 0. The summed E-state index contributed by atoms with van der Waals surface area (Å²) in [6, 6.07) is 28.4. The van der Waals surface area contributed by atoms with Crippen LogP contribution in [-0.4, -0.2) is 12.6 Å². The molecule has 4 aromatic rings. The molecule has 196 valence electrons. The summed E-state index contributed by atoms with van der Waals surface area (Å²) in [5.74, 6) is -0.803. The van der Waals surface area contributed by atoms with Crippen LogP contribution in [0.15, 0.2) is 112 Å². The first-order valence-electron chi connectivity index (χ1n) is 12.4. The third kappa shape index (κ3) is 6.81. The molecule has 0 aromatic heterocycles. The van der Waals surface area contributed by atoms with E-state index in [1.165, 1.54) is 17.7 Å². The Morgan fingerprint density at radius 2 is 1.37 bits per heavy atom. The van der Waals surface area contributed by atoms with E-state index in [1.54, 1.807) is 12.1 Å². The number of rotatable bonds is 9. The molecule has 0 saturated heterocycles. The van der Waals surface area contributed by atoms with Gasteiger partial charge in [-0.05, 0) is 67.3 Å². The number of ether oxygens (including phenoxy) is 2. The maximum Gasteiger partial charge on any atom is 0.345 e. The van der Waals surface area contributed by atoms with Crippen molar-refractivity contribution in [3.63, 3.8) is 0 Å². The highest BCUT2D eigenvalue weighted by atomic mass is 32.2. The van der Waals surface area contributed by atoms with E-state index < -0.39 is 34.1 Å². The number of benzene rings is 4. The Labute approximate surface area is 225 Å². The maximum atomic E-state index is 14.0. The molecule has 4 aromatic carbocycles. The Hall–Kier alpha value is -3.64. The summed E-state index contributed by atoms with van der Waals surface area (Å²) in [6.07, 6.45) is 0. The second-order valence-corrected chi connectivity index (χ2v) is 11.8. The van der Waals surface area contributed by atoms with Gasteiger partial charge in [0, 0.05) is 18.2 Å². The van der Waals surface area contributed by atoms with Crippen molar-refractivity contribution >= 4 is 16.9 Å². The number of carbonyl (C=O) groups is 1. The lowest BCUT2D eigenvalue weighted by Crippen LogP contribution is -2.28. The van der Waals surface area contributed by atoms with Gasteiger partial charge in [0.1, 0.15) is 23.0 Å². The van der Waals surface area contributed by atoms with Crippen molar-refractivity contribution in [2.75, 3.05) is 6.61 Å². The summed E-state index contributed by atoms with van der Waals surface area (Å²) in [4.78, 5) is 14.9. The lowest BCUT2D eigenvalue weighted by Gasteiger charge is -2.26. The standard InChI is InChI=1S/C32H31F2O3S/c1-22(2)23-10-12-24(13-11-23)32(3,4)37-31(35)21-36-27-14-16-29(17-15-27)38(28-8-6-5-7-9-28)30-19-25(33)18-26(34)20-30/h5-20,22H,21H2,1-4H3/q+1. The molecular weight excluding hydrogens is 502 g/mol. The van der Waals surface area contributed by atoms with Gasteiger partial charge in [0.25, 0.3) is 0 Å². The zero-order chi connectivity index (χ0) is 27.3. The minimum Gasteiger partial charge on any atom is -0.482 e. The van der Waals surface area contributed by atoms with Gasteiger partial charge in [0.15, 0.2) is 21.3 Å². The fourth-order valence-electron chi connectivity index (χ4n) is 4.07. The van der Waals surface area contributed by atoms with Gasteiger partial charge in [-0.15, -0.1) is 0 Å². The average Bonchev–Trinajstić information content (AvgIpc) is 2.88. The molecule has 3 nitrogen and oxygen atoms in total. The van der Waals surface area contributed by atoms with E-state index in [2.05, 4.69) is 26.0 Å². The topological polar surface area (TPSA) is 35.5 Å². The first kappa shape index (κ1) is 27.4. The van der Waals surface area contributed by atoms with E-state index >= 15 is 0 Å². The average molecular weight is 534 g/mol. The monoisotopic (exact) mass is 533 g/mol. The first-order chi connectivity index (χ1) is 18.1. The second kappa shape index (κ2) is 11.8. The first-order valence-corrected chi connectivity index (χ1v) is 13.7. The van der Waals surface area contributed by atoms with Gasteiger partial charge >= 0.3 is 5.97 Å². The molecule has 38 heavy (non-hydrogen) atoms. The van der Waals surface area contributed by atoms with E-state index in [1.807, 2.05) is 68.4 Å². The van der Waals surface area contributed by atoms with Gasteiger partial charge in [0.2, 0.25) is 0 Å². The van der Waals surface area contributed by atoms with Crippen molar-refractivity contribution < 1.29 is 23.0 Å². The molecule has 0 aliphatic rings. The maximum absolute atomic E-state index is 14.0. The zero-order valence-corrected chi connectivity index (χ0v) is 22.7. The highest BCUT2D eigenvalue weighted by molar-refractivity contribution is 7.97. The Kier molecular flexibility index (Phi) is 8.52. The Morgan fingerprint density at radius 3 is 1.95 bits per heavy atom. The van der Waals surface area contributed by atoms with Gasteiger partial charge in [-0.1, -0.05) is 56.3 Å². The minimum atomic E-state index is -0.802. The molecule has 6 heteroatoms. The summed E-state index contributed by atoms with van der Waals surface area (Å²) in [5, 5.41) is 0. The molecule has 1 unspecified atom stereocenters. The van der Waals surface area contributed by atoms with Crippen molar-refractivity contribution in [2.24, 2.45) is 0 Å². The summed E-state index contributed by atoms with van der Waals surface area (Å²) >= 11 is 0. The quantitative estimate of drug-likeness (QED) is 0.161. The third-order valence-electron chi connectivity index (χ3n) is 6.11. The van der Waals surface area contributed by atoms with Crippen molar-refractivity contribution in [3.05, 3.63) is 120 Å². The Balaban J connectivity index is 1.44. The number of carbonyl (C=O) groups excluding carboxylic acids is 1. The van der Waals surface area contributed by atoms with Gasteiger partial charge < -0.3 is 9.47 Å². The van der Waals surface area contributed by atoms with Crippen LogP contribution in [0.25, 0.3) is 0 Å². The van der Waals surface area contributed by atoms with Crippen LogP contribution in [-0.2, 0) is 26.0 Å². The summed E-state index contributed by atoms with van der Waals surface area (Å²) in [5.41, 5.74) is 1.32. The zero-order valence-electron chi connectivity index (χ0n) is 21.9. The molecule has 0 spiro atoms. The minimum absolute atomic E-state index is 0.244. The van der Waals surface area contributed by atoms with Crippen LogP contribution in [0.4, 0.5) is 8.78 Å². The molecule has 0 saturated carbocycles. The fourth-order valence-corrected chi connectivity index (χ4v) is 6.18. The highest BCUT2D eigenvalue weighted by Gasteiger charge is 2.30. The van der Waals surface area contributed by atoms with Gasteiger partial charge in [-0.25, -0.2) is 13.6 Å². The molecule has 4 rings (SSSR count). The van der Waals surface area contributed by atoms with Crippen molar-refractivity contribution in [1.82, 2.24) is 0 Å². The molecule has 1 atom stereocenters. The Bertz CT molecular complexity index is 1350. The molecule has 0 amide bonds. The van der Waals surface area contributed by atoms with Crippen LogP contribution in [0.5, 0.6) is 5.75 Å². The van der Waals surface area contributed by atoms with Crippen LogP contribution >= 0.6 is 0 Å². The molecule has 0 aliphatic heterocycles. The van der Waals surface area contributed by atoms with Gasteiger partial charge in [-0.3, -0.25) is 0 Å². The van der Waals surface area contributed by atoms with Crippen molar-refractivity contribution in [2.45, 2.75) is 53.9 Å². The lowest BCUT2D eigenvalue weighted by atomic mass is 9.94. The molecule has 0 fully saturated rings. The van der Waals surface area contributed by atoms with Crippen LogP contribution < -0.4 is 4.74 Å². The Morgan fingerprint density at radius 1 is 0.789 bits per heavy atom. The second-order valence-electron chi connectivity index (χ2n) is 9.75. The SMILES string of the molecule is CC(C)c1ccc(C(C)(C)OC(=O)COc2ccc([S+](c3ccccc3)c3cc(F)cc(F)c3)cc2)cc1. The van der Waals surface area contributed by atoms with Crippen molar-refractivity contribution in [1.29, 1.82) is 0 Å². The highest BCUT2D eigenvalue weighted by Crippen LogP contribution is 2.33. The lowest BCUT2D eigenvalue weighted by molar-refractivity contribution is -0.159. The molecular formula is C32H31F2O3S+. The predicted molar refractivity (Wildman–Crippen MR) is 147 cm³/mol. The molecule has 0 heterocycles. The van der Waals surface area contributed by atoms with E-state index in [9.17, 15) is 13.6 Å². The predicted octanol–water partition coefficient (Wildman–Crippen LogP) is 8.04. The third-order valence-corrected chi connectivity index (χ3v) is 8.30.